The fraction of sp³-hybridized carbons (Fsp3) is 0.571. The molecule has 0 aliphatic heterocycles. The second-order valence-corrected chi connectivity index (χ2v) is 5.34. The minimum Gasteiger partial charge on any atom is -0.274 e. The zero-order valence-corrected chi connectivity index (χ0v) is 9.06. The standard InChI is InChI=1S/C7H11ClN2O2S/c1-3-4-6-7(13(8,11)12)5-10(2)9-6/h5H,3-4H2,1-2H3. The number of aromatic nitrogens is 2. The topological polar surface area (TPSA) is 52.0 Å². The van der Waals surface area contributed by atoms with Crippen LogP contribution in [0.3, 0.4) is 0 Å². The smallest absolute Gasteiger partial charge is 0.264 e. The average molecular weight is 223 g/mol. The zero-order valence-electron chi connectivity index (χ0n) is 7.49. The Morgan fingerprint density at radius 1 is 1.62 bits per heavy atom. The minimum absolute atomic E-state index is 0.124. The summed E-state index contributed by atoms with van der Waals surface area (Å²) in [5.74, 6) is 0. The lowest BCUT2D eigenvalue weighted by Crippen LogP contribution is -1.95. The van der Waals surface area contributed by atoms with Gasteiger partial charge in [0.2, 0.25) is 0 Å². The van der Waals surface area contributed by atoms with Crippen molar-refractivity contribution in [3.63, 3.8) is 0 Å². The van der Waals surface area contributed by atoms with E-state index in [2.05, 4.69) is 5.10 Å². The Labute approximate surface area is 81.9 Å². The number of halogens is 1. The highest BCUT2D eigenvalue weighted by atomic mass is 35.7. The van der Waals surface area contributed by atoms with Crippen LogP contribution in [0.4, 0.5) is 0 Å². The van der Waals surface area contributed by atoms with Crippen LogP contribution in [0.1, 0.15) is 19.0 Å². The molecule has 0 radical (unpaired) electrons. The molecule has 0 aliphatic carbocycles. The average Bonchev–Trinajstić information content (AvgIpc) is 2.30. The summed E-state index contributed by atoms with van der Waals surface area (Å²) < 4.78 is 23.6. The van der Waals surface area contributed by atoms with Crippen molar-refractivity contribution in [1.29, 1.82) is 0 Å². The predicted octanol–water partition coefficient (Wildman–Crippen LogP) is 1.30. The first kappa shape index (κ1) is 10.5. The molecule has 0 saturated carbocycles. The third-order valence-corrected chi connectivity index (χ3v) is 2.98. The molecule has 0 spiro atoms. The monoisotopic (exact) mass is 222 g/mol. The summed E-state index contributed by atoms with van der Waals surface area (Å²) in [7, 11) is 3.26. The zero-order chi connectivity index (χ0) is 10.1. The van der Waals surface area contributed by atoms with Crippen molar-refractivity contribution in [2.45, 2.75) is 24.7 Å². The molecule has 74 valence electrons. The van der Waals surface area contributed by atoms with Crippen molar-refractivity contribution in [2.75, 3.05) is 0 Å². The maximum Gasteiger partial charge on any atom is 0.264 e. The summed E-state index contributed by atoms with van der Waals surface area (Å²) in [5, 5.41) is 4.02. The van der Waals surface area contributed by atoms with E-state index in [-0.39, 0.29) is 4.90 Å². The van der Waals surface area contributed by atoms with Crippen LogP contribution < -0.4 is 0 Å². The van der Waals surface area contributed by atoms with Crippen LogP contribution in [0.2, 0.25) is 0 Å². The fourth-order valence-corrected chi connectivity index (χ4v) is 2.22. The van der Waals surface area contributed by atoms with Gasteiger partial charge in [-0.15, -0.1) is 0 Å². The molecule has 0 unspecified atom stereocenters. The maximum atomic E-state index is 11.1. The maximum absolute atomic E-state index is 11.1. The van der Waals surface area contributed by atoms with Gasteiger partial charge in [0.05, 0.1) is 5.69 Å². The van der Waals surface area contributed by atoms with E-state index < -0.39 is 9.05 Å². The Bertz CT molecular complexity index is 397. The molecule has 1 aromatic heterocycles. The Morgan fingerprint density at radius 3 is 2.69 bits per heavy atom. The Balaban J connectivity index is 3.20. The molecular weight excluding hydrogens is 212 g/mol. The Kier molecular flexibility index (Phi) is 2.98. The number of hydrogen-bond acceptors (Lipinski definition) is 3. The third-order valence-electron chi connectivity index (χ3n) is 1.62. The molecule has 1 rings (SSSR count). The molecule has 0 aromatic carbocycles. The first-order chi connectivity index (χ1) is 5.95. The van der Waals surface area contributed by atoms with Crippen molar-refractivity contribution in [1.82, 2.24) is 9.78 Å². The molecule has 0 aliphatic rings. The molecule has 0 saturated heterocycles. The second kappa shape index (κ2) is 3.67. The summed E-state index contributed by atoms with van der Waals surface area (Å²) in [6, 6.07) is 0. The molecule has 1 heterocycles. The predicted molar refractivity (Wildman–Crippen MR) is 50.2 cm³/mol. The van der Waals surface area contributed by atoms with E-state index in [0.29, 0.717) is 12.1 Å². The van der Waals surface area contributed by atoms with Gasteiger partial charge >= 0.3 is 0 Å². The summed E-state index contributed by atoms with van der Waals surface area (Å²) in [4.78, 5) is 0.124. The van der Waals surface area contributed by atoms with Gasteiger partial charge < -0.3 is 0 Å². The van der Waals surface area contributed by atoms with Crippen molar-refractivity contribution in [3.8, 4) is 0 Å². The molecule has 4 nitrogen and oxygen atoms in total. The van der Waals surface area contributed by atoms with Crippen LogP contribution in [0.5, 0.6) is 0 Å². The van der Waals surface area contributed by atoms with Crippen molar-refractivity contribution in [3.05, 3.63) is 11.9 Å². The fourth-order valence-electron chi connectivity index (χ4n) is 1.13. The quantitative estimate of drug-likeness (QED) is 0.725. The Morgan fingerprint density at radius 2 is 2.23 bits per heavy atom. The van der Waals surface area contributed by atoms with Crippen LogP contribution in [0.25, 0.3) is 0 Å². The van der Waals surface area contributed by atoms with Gasteiger partial charge in [0.15, 0.2) is 0 Å². The molecule has 1 aromatic rings. The highest BCUT2D eigenvalue weighted by Crippen LogP contribution is 2.19. The van der Waals surface area contributed by atoms with E-state index in [0.717, 1.165) is 6.42 Å². The number of rotatable bonds is 3. The van der Waals surface area contributed by atoms with Crippen LogP contribution in [-0.2, 0) is 22.5 Å². The van der Waals surface area contributed by atoms with Gasteiger partial charge in [-0.3, -0.25) is 4.68 Å². The van der Waals surface area contributed by atoms with Gasteiger partial charge in [0.1, 0.15) is 4.90 Å². The highest BCUT2D eigenvalue weighted by Gasteiger charge is 2.18. The minimum atomic E-state index is -3.65. The van der Waals surface area contributed by atoms with E-state index in [1.54, 1.807) is 7.05 Å². The summed E-state index contributed by atoms with van der Waals surface area (Å²) in [5.41, 5.74) is 0.542. The van der Waals surface area contributed by atoms with Gasteiger partial charge in [-0.1, -0.05) is 13.3 Å². The van der Waals surface area contributed by atoms with Crippen molar-refractivity contribution >= 4 is 19.7 Å². The van der Waals surface area contributed by atoms with Crippen molar-refractivity contribution < 1.29 is 8.42 Å². The van der Waals surface area contributed by atoms with Crippen LogP contribution in [0, 0.1) is 0 Å². The van der Waals surface area contributed by atoms with Gasteiger partial charge in [-0.05, 0) is 6.42 Å². The van der Waals surface area contributed by atoms with E-state index in [1.165, 1.54) is 10.9 Å². The largest absolute Gasteiger partial charge is 0.274 e. The molecule has 0 fully saturated rings. The molecule has 0 atom stereocenters. The molecule has 0 bridgehead atoms. The lowest BCUT2D eigenvalue weighted by Gasteiger charge is -1.94. The first-order valence-electron chi connectivity index (χ1n) is 3.92. The lowest BCUT2D eigenvalue weighted by atomic mass is 10.3. The highest BCUT2D eigenvalue weighted by molar-refractivity contribution is 8.13. The Hall–Kier alpha value is -0.550. The van der Waals surface area contributed by atoms with Crippen LogP contribution >= 0.6 is 10.7 Å². The van der Waals surface area contributed by atoms with E-state index in [1.807, 2.05) is 6.92 Å². The molecule has 6 heteroatoms. The van der Waals surface area contributed by atoms with Gasteiger partial charge in [-0.2, -0.15) is 5.10 Å². The molecule has 13 heavy (non-hydrogen) atoms. The molecular formula is C7H11ClN2O2S. The van der Waals surface area contributed by atoms with E-state index >= 15 is 0 Å². The first-order valence-corrected chi connectivity index (χ1v) is 6.23. The SMILES string of the molecule is CCCc1nn(C)cc1S(=O)(=O)Cl. The number of nitrogens with zero attached hydrogens (tertiary/aromatic N) is 2. The molecule has 0 amide bonds. The summed E-state index contributed by atoms with van der Waals surface area (Å²) in [6.07, 6.45) is 2.89. The normalized spacial score (nSPS) is 11.9. The lowest BCUT2D eigenvalue weighted by molar-refractivity contribution is 0.608. The third kappa shape index (κ3) is 2.45. The van der Waals surface area contributed by atoms with Gasteiger partial charge in [0, 0.05) is 23.9 Å². The summed E-state index contributed by atoms with van der Waals surface area (Å²) in [6.45, 7) is 1.96. The van der Waals surface area contributed by atoms with E-state index in [9.17, 15) is 8.42 Å². The number of hydrogen-bond donors (Lipinski definition) is 0. The van der Waals surface area contributed by atoms with Gasteiger partial charge in [-0.25, -0.2) is 8.42 Å². The van der Waals surface area contributed by atoms with Gasteiger partial charge in [0.25, 0.3) is 9.05 Å². The summed E-state index contributed by atoms with van der Waals surface area (Å²) >= 11 is 0. The van der Waals surface area contributed by atoms with E-state index in [4.69, 9.17) is 10.7 Å². The van der Waals surface area contributed by atoms with Crippen LogP contribution in [0.15, 0.2) is 11.1 Å². The second-order valence-electron chi connectivity index (χ2n) is 2.80. The van der Waals surface area contributed by atoms with Crippen molar-refractivity contribution in [2.24, 2.45) is 7.05 Å². The number of aryl methyl sites for hydroxylation is 2. The molecule has 0 N–H and O–H groups in total. The van der Waals surface area contributed by atoms with Crippen LogP contribution in [-0.4, -0.2) is 18.2 Å².